The van der Waals surface area contributed by atoms with E-state index in [0.29, 0.717) is 16.4 Å². The van der Waals surface area contributed by atoms with Crippen LogP contribution in [0.15, 0.2) is 12.3 Å². The molecule has 0 aromatic carbocycles. The molecule has 1 fully saturated rings. The highest BCUT2D eigenvalue weighted by Crippen LogP contribution is 2.24. The van der Waals surface area contributed by atoms with Gasteiger partial charge < -0.3 is 15.1 Å². The maximum Gasteiger partial charge on any atom is 0.255 e. The third-order valence-electron chi connectivity index (χ3n) is 3.97. The molecule has 2 amide bonds. The van der Waals surface area contributed by atoms with Gasteiger partial charge in [0.15, 0.2) is 0 Å². The molecule has 0 bridgehead atoms. The standard InChI is InChI=1S/C18H27ClN4O2/c1-18(2,3)21-15(24)12-22(4)16-14(19)10-13(11-20-16)17(25)23-8-6-5-7-9-23/h10-11H,5-9,12H2,1-4H3,(H,21,24). The molecular formula is C18H27ClN4O2. The van der Waals surface area contributed by atoms with Crippen molar-refractivity contribution in [2.24, 2.45) is 0 Å². The number of hydrogen-bond donors (Lipinski definition) is 1. The van der Waals surface area contributed by atoms with Crippen molar-refractivity contribution in [2.75, 3.05) is 31.6 Å². The zero-order chi connectivity index (χ0) is 18.6. The summed E-state index contributed by atoms with van der Waals surface area (Å²) >= 11 is 6.32. The minimum atomic E-state index is -0.292. The first kappa shape index (κ1) is 19.5. The van der Waals surface area contributed by atoms with Gasteiger partial charge in [0.25, 0.3) is 5.91 Å². The summed E-state index contributed by atoms with van der Waals surface area (Å²) in [7, 11) is 1.75. The van der Waals surface area contributed by atoms with Gasteiger partial charge in [-0.3, -0.25) is 9.59 Å². The van der Waals surface area contributed by atoms with E-state index in [4.69, 9.17) is 11.6 Å². The Morgan fingerprint density at radius 3 is 2.48 bits per heavy atom. The molecular weight excluding hydrogens is 340 g/mol. The third-order valence-corrected chi connectivity index (χ3v) is 4.25. The summed E-state index contributed by atoms with van der Waals surface area (Å²) in [5.74, 6) is 0.344. The van der Waals surface area contributed by atoms with Gasteiger partial charge in [-0.05, 0) is 46.1 Å². The van der Waals surface area contributed by atoms with E-state index >= 15 is 0 Å². The van der Waals surface area contributed by atoms with Crippen molar-refractivity contribution in [1.29, 1.82) is 0 Å². The van der Waals surface area contributed by atoms with E-state index < -0.39 is 0 Å². The molecule has 6 nitrogen and oxygen atoms in total. The van der Waals surface area contributed by atoms with Crippen LogP contribution in [-0.2, 0) is 4.79 Å². The van der Waals surface area contributed by atoms with Crippen LogP contribution >= 0.6 is 11.6 Å². The zero-order valence-electron chi connectivity index (χ0n) is 15.4. The van der Waals surface area contributed by atoms with Crippen molar-refractivity contribution in [3.63, 3.8) is 0 Å². The molecule has 1 aliphatic heterocycles. The molecule has 25 heavy (non-hydrogen) atoms. The number of halogens is 1. The number of nitrogens with zero attached hydrogens (tertiary/aromatic N) is 3. The van der Waals surface area contributed by atoms with Gasteiger partial charge in [0, 0.05) is 31.9 Å². The van der Waals surface area contributed by atoms with Crippen LogP contribution < -0.4 is 10.2 Å². The summed E-state index contributed by atoms with van der Waals surface area (Å²) in [6.07, 6.45) is 4.78. The number of aromatic nitrogens is 1. The number of hydrogen-bond acceptors (Lipinski definition) is 4. The van der Waals surface area contributed by atoms with Crippen molar-refractivity contribution in [3.8, 4) is 0 Å². The molecule has 138 valence electrons. The quantitative estimate of drug-likeness (QED) is 0.889. The Balaban J connectivity index is 2.05. The van der Waals surface area contributed by atoms with Crippen molar-refractivity contribution in [1.82, 2.24) is 15.2 Å². The van der Waals surface area contributed by atoms with Gasteiger partial charge >= 0.3 is 0 Å². The largest absolute Gasteiger partial charge is 0.350 e. The van der Waals surface area contributed by atoms with E-state index in [2.05, 4.69) is 10.3 Å². The molecule has 0 saturated carbocycles. The average Bonchev–Trinajstić information content (AvgIpc) is 2.52. The molecule has 1 aromatic rings. The van der Waals surface area contributed by atoms with Gasteiger partial charge in [-0.25, -0.2) is 4.98 Å². The van der Waals surface area contributed by atoms with E-state index in [1.54, 1.807) is 18.0 Å². The van der Waals surface area contributed by atoms with Gasteiger partial charge in [-0.15, -0.1) is 0 Å². The van der Waals surface area contributed by atoms with E-state index in [1.165, 1.54) is 12.6 Å². The predicted molar refractivity (Wildman–Crippen MR) is 100 cm³/mol. The Morgan fingerprint density at radius 2 is 1.92 bits per heavy atom. The van der Waals surface area contributed by atoms with Crippen LogP contribution in [0, 0.1) is 0 Å². The number of carbonyl (C=O) groups is 2. The molecule has 2 rings (SSSR count). The lowest BCUT2D eigenvalue weighted by atomic mass is 10.1. The second-order valence-corrected chi connectivity index (χ2v) is 7.94. The molecule has 1 aromatic heterocycles. The maximum atomic E-state index is 12.5. The lowest BCUT2D eigenvalue weighted by molar-refractivity contribution is -0.121. The normalized spacial score (nSPS) is 15.0. The van der Waals surface area contributed by atoms with Crippen LogP contribution in [0.3, 0.4) is 0 Å². The van der Waals surface area contributed by atoms with Crippen molar-refractivity contribution < 1.29 is 9.59 Å². The number of rotatable bonds is 4. The second-order valence-electron chi connectivity index (χ2n) is 7.54. The Bertz CT molecular complexity index is 636. The first-order chi connectivity index (χ1) is 11.7. The molecule has 1 aliphatic rings. The number of amides is 2. The van der Waals surface area contributed by atoms with E-state index in [0.717, 1.165) is 25.9 Å². The molecule has 0 atom stereocenters. The smallest absolute Gasteiger partial charge is 0.255 e. The molecule has 0 spiro atoms. The lowest BCUT2D eigenvalue weighted by Crippen LogP contribution is -2.45. The average molecular weight is 367 g/mol. The van der Waals surface area contributed by atoms with Crippen LogP contribution in [0.2, 0.25) is 5.02 Å². The fourth-order valence-corrected chi connectivity index (χ4v) is 3.17. The number of pyridine rings is 1. The van der Waals surface area contributed by atoms with Crippen molar-refractivity contribution in [2.45, 2.75) is 45.6 Å². The highest BCUT2D eigenvalue weighted by molar-refractivity contribution is 6.33. The summed E-state index contributed by atoms with van der Waals surface area (Å²) in [6.45, 7) is 7.49. The number of likely N-dealkylation sites (N-methyl/N-ethyl adjacent to an activating group) is 1. The summed E-state index contributed by atoms with van der Waals surface area (Å²) in [5.41, 5.74) is 0.197. The van der Waals surface area contributed by atoms with Crippen LogP contribution in [-0.4, -0.2) is 53.9 Å². The summed E-state index contributed by atoms with van der Waals surface area (Å²) in [6, 6.07) is 1.64. The van der Waals surface area contributed by atoms with Gasteiger partial charge in [0.05, 0.1) is 17.1 Å². The van der Waals surface area contributed by atoms with Crippen LogP contribution in [0.4, 0.5) is 5.82 Å². The maximum absolute atomic E-state index is 12.5. The fourth-order valence-electron chi connectivity index (χ4n) is 2.86. The number of nitrogens with one attached hydrogen (secondary N) is 1. The SMILES string of the molecule is CN(CC(=O)NC(C)(C)C)c1ncc(C(=O)N2CCCCC2)cc1Cl. The lowest BCUT2D eigenvalue weighted by Gasteiger charge is -2.27. The molecule has 1 saturated heterocycles. The Hall–Kier alpha value is -1.82. The Morgan fingerprint density at radius 1 is 1.28 bits per heavy atom. The number of anilines is 1. The van der Waals surface area contributed by atoms with Crippen LogP contribution in [0.5, 0.6) is 0 Å². The number of likely N-dealkylation sites (tertiary alicyclic amines) is 1. The molecule has 0 unspecified atom stereocenters. The predicted octanol–water partition coefficient (Wildman–Crippen LogP) is 2.71. The third kappa shape index (κ3) is 5.59. The van der Waals surface area contributed by atoms with Gasteiger partial charge in [-0.2, -0.15) is 0 Å². The van der Waals surface area contributed by atoms with Crippen molar-refractivity contribution in [3.05, 3.63) is 22.8 Å². The number of piperidine rings is 1. The molecule has 1 N–H and O–H groups in total. The second kappa shape index (κ2) is 8.04. The summed E-state index contributed by atoms with van der Waals surface area (Å²) < 4.78 is 0. The molecule has 0 aliphatic carbocycles. The minimum absolute atomic E-state index is 0.0335. The first-order valence-corrected chi connectivity index (χ1v) is 9.02. The Labute approximate surface area is 154 Å². The van der Waals surface area contributed by atoms with Crippen molar-refractivity contribution >= 4 is 29.2 Å². The molecule has 2 heterocycles. The monoisotopic (exact) mass is 366 g/mol. The first-order valence-electron chi connectivity index (χ1n) is 8.64. The van der Waals surface area contributed by atoms with E-state index in [-0.39, 0.29) is 23.9 Å². The van der Waals surface area contributed by atoms with Crippen LogP contribution in [0.1, 0.15) is 50.4 Å². The van der Waals surface area contributed by atoms with Gasteiger partial charge in [-0.1, -0.05) is 11.6 Å². The van der Waals surface area contributed by atoms with Crippen LogP contribution in [0.25, 0.3) is 0 Å². The Kier molecular flexibility index (Phi) is 6.27. The number of carbonyl (C=O) groups excluding carboxylic acids is 2. The van der Waals surface area contributed by atoms with Gasteiger partial charge in [0.1, 0.15) is 5.82 Å². The van der Waals surface area contributed by atoms with Gasteiger partial charge in [0.2, 0.25) is 5.91 Å². The van der Waals surface area contributed by atoms with E-state index in [9.17, 15) is 9.59 Å². The zero-order valence-corrected chi connectivity index (χ0v) is 16.2. The minimum Gasteiger partial charge on any atom is -0.350 e. The highest BCUT2D eigenvalue weighted by Gasteiger charge is 2.21. The highest BCUT2D eigenvalue weighted by atomic mass is 35.5. The molecule has 7 heteroatoms. The fraction of sp³-hybridized carbons (Fsp3) is 0.611. The summed E-state index contributed by atoms with van der Waals surface area (Å²) in [4.78, 5) is 32.4. The van der Waals surface area contributed by atoms with E-state index in [1.807, 2.05) is 25.7 Å². The summed E-state index contributed by atoms with van der Waals surface area (Å²) in [5, 5.41) is 3.27. The molecule has 0 radical (unpaired) electrons. The topological polar surface area (TPSA) is 65.5 Å².